The van der Waals surface area contributed by atoms with Gasteiger partial charge in [-0.3, -0.25) is 4.79 Å². The van der Waals surface area contributed by atoms with Gasteiger partial charge in [0.1, 0.15) is 11.5 Å². The zero-order chi connectivity index (χ0) is 16.4. The van der Waals surface area contributed by atoms with Crippen LogP contribution in [0.1, 0.15) is 70.3 Å². The molecule has 0 fully saturated rings. The van der Waals surface area contributed by atoms with Gasteiger partial charge in [-0.2, -0.15) is 0 Å². The number of carbonyl (C=O) groups is 1. The minimum atomic E-state index is -0.516. The Morgan fingerprint density at radius 3 is 2.45 bits per heavy atom. The van der Waals surface area contributed by atoms with E-state index < -0.39 is 5.92 Å². The van der Waals surface area contributed by atoms with Gasteiger partial charge >= 0.3 is 5.97 Å². The van der Waals surface area contributed by atoms with Crippen LogP contribution in [0.4, 0.5) is 0 Å². The molecule has 1 atom stereocenters. The Morgan fingerprint density at radius 1 is 1.09 bits per heavy atom. The molecule has 1 aromatic carbocycles. The second-order valence-corrected chi connectivity index (χ2v) is 5.60. The summed E-state index contributed by atoms with van der Waals surface area (Å²) in [6, 6.07) is 4.28. The van der Waals surface area contributed by atoms with E-state index in [9.17, 15) is 15.0 Å². The van der Waals surface area contributed by atoms with Crippen LogP contribution < -0.4 is 0 Å². The van der Waals surface area contributed by atoms with Gasteiger partial charge in [0.25, 0.3) is 0 Å². The van der Waals surface area contributed by atoms with E-state index in [2.05, 4.69) is 6.92 Å². The van der Waals surface area contributed by atoms with Crippen molar-refractivity contribution in [3.05, 3.63) is 23.8 Å². The smallest absolute Gasteiger partial charge is 0.313 e. The number of phenolic OH excluding ortho intramolecular Hbond substituents is 2. The van der Waals surface area contributed by atoms with Gasteiger partial charge in [0, 0.05) is 5.56 Å². The van der Waals surface area contributed by atoms with Crippen molar-refractivity contribution < 1.29 is 19.7 Å². The molecule has 0 amide bonds. The lowest BCUT2D eigenvalue weighted by molar-refractivity contribution is -0.145. The third-order valence-corrected chi connectivity index (χ3v) is 3.80. The first-order valence-electron chi connectivity index (χ1n) is 8.28. The predicted molar refractivity (Wildman–Crippen MR) is 87.1 cm³/mol. The maximum atomic E-state index is 12.2. The minimum Gasteiger partial charge on any atom is -0.508 e. The van der Waals surface area contributed by atoms with Gasteiger partial charge in [-0.25, -0.2) is 0 Å². The molecule has 0 aliphatic heterocycles. The number of esters is 1. The number of ether oxygens (including phenoxy) is 1. The summed E-state index contributed by atoms with van der Waals surface area (Å²) in [4.78, 5) is 12.2. The van der Waals surface area contributed by atoms with Gasteiger partial charge in [0.05, 0.1) is 12.5 Å². The maximum absolute atomic E-state index is 12.2. The van der Waals surface area contributed by atoms with E-state index in [1.165, 1.54) is 37.5 Å². The lowest BCUT2D eigenvalue weighted by atomic mass is 9.92. The summed E-state index contributed by atoms with van der Waals surface area (Å²) in [5.74, 6) is -0.776. The van der Waals surface area contributed by atoms with Crippen LogP contribution in [0.15, 0.2) is 18.2 Å². The van der Waals surface area contributed by atoms with Crippen molar-refractivity contribution in [2.24, 2.45) is 0 Å². The highest BCUT2D eigenvalue weighted by molar-refractivity contribution is 5.79. The van der Waals surface area contributed by atoms with Crippen LogP contribution in [-0.2, 0) is 9.53 Å². The van der Waals surface area contributed by atoms with E-state index >= 15 is 0 Å². The molecule has 0 bridgehead atoms. The molecule has 0 aliphatic rings. The van der Waals surface area contributed by atoms with Crippen LogP contribution in [0.25, 0.3) is 0 Å². The second-order valence-electron chi connectivity index (χ2n) is 5.60. The molecule has 124 valence electrons. The molecular formula is C18H28O4. The zero-order valence-corrected chi connectivity index (χ0v) is 13.7. The molecule has 4 nitrogen and oxygen atoms in total. The highest BCUT2D eigenvalue weighted by Gasteiger charge is 2.24. The van der Waals surface area contributed by atoms with Crippen LogP contribution in [0.3, 0.4) is 0 Å². The molecule has 0 saturated carbocycles. The van der Waals surface area contributed by atoms with E-state index in [1.54, 1.807) is 6.92 Å². The number of phenols is 2. The van der Waals surface area contributed by atoms with Crippen molar-refractivity contribution in [3.8, 4) is 11.5 Å². The summed E-state index contributed by atoms with van der Waals surface area (Å²) < 4.78 is 5.12. The van der Waals surface area contributed by atoms with Crippen LogP contribution in [-0.4, -0.2) is 22.8 Å². The van der Waals surface area contributed by atoms with Crippen LogP contribution >= 0.6 is 0 Å². The lowest BCUT2D eigenvalue weighted by Crippen LogP contribution is -2.16. The number of rotatable bonds is 10. The van der Waals surface area contributed by atoms with E-state index in [-0.39, 0.29) is 17.5 Å². The average molecular weight is 308 g/mol. The molecule has 1 rings (SSSR count). The Kier molecular flexibility index (Phi) is 8.41. The fraction of sp³-hybridized carbons (Fsp3) is 0.611. The van der Waals surface area contributed by atoms with Gasteiger partial charge in [0.2, 0.25) is 0 Å². The second kappa shape index (κ2) is 10.1. The molecule has 0 aromatic heterocycles. The number of unbranched alkanes of at least 4 members (excludes halogenated alkanes) is 5. The molecule has 0 radical (unpaired) electrons. The summed E-state index contributed by atoms with van der Waals surface area (Å²) in [7, 11) is 0. The SMILES string of the molecule is CCCCCCCCC(C(=O)OCC)c1cc(O)ccc1O. The lowest BCUT2D eigenvalue weighted by Gasteiger charge is -2.17. The van der Waals surface area contributed by atoms with Gasteiger partial charge in [-0.05, 0) is 31.5 Å². The third-order valence-electron chi connectivity index (χ3n) is 3.80. The van der Waals surface area contributed by atoms with Crippen molar-refractivity contribution in [1.29, 1.82) is 0 Å². The number of benzene rings is 1. The van der Waals surface area contributed by atoms with Crippen LogP contribution in [0, 0.1) is 0 Å². The van der Waals surface area contributed by atoms with Crippen LogP contribution in [0.2, 0.25) is 0 Å². The minimum absolute atomic E-state index is 0.0295. The molecule has 0 aliphatic carbocycles. The number of aromatic hydroxyl groups is 2. The number of hydrogen-bond donors (Lipinski definition) is 2. The molecule has 1 unspecified atom stereocenters. The van der Waals surface area contributed by atoms with E-state index in [4.69, 9.17) is 4.74 Å². The van der Waals surface area contributed by atoms with E-state index in [0.717, 1.165) is 19.3 Å². The summed E-state index contributed by atoms with van der Waals surface area (Å²) in [5.41, 5.74) is 0.451. The van der Waals surface area contributed by atoms with E-state index in [0.29, 0.717) is 18.6 Å². The van der Waals surface area contributed by atoms with Gasteiger partial charge in [-0.15, -0.1) is 0 Å². The fourth-order valence-electron chi connectivity index (χ4n) is 2.59. The van der Waals surface area contributed by atoms with Gasteiger partial charge in [0.15, 0.2) is 0 Å². The van der Waals surface area contributed by atoms with Gasteiger partial charge in [-0.1, -0.05) is 45.4 Å². The third kappa shape index (κ3) is 5.96. The normalized spacial score (nSPS) is 12.1. The number of hydrogen-bond acceptors (Lipinski definition) is 4. The highest BCUT2D eigenvalue weighted by Crippen LogP contribution is 2.33. The Bertz CT molecular complexity index is 456. The quantitative estimate of drug-likeness (QED) is 0.379. The molecule has 2 N–H and O–H groups in total. The topological polar surface area (TPSA) is 66.8 Å². The summed E-state index contributed by atoms with van der Waals surface area (Å²) in [6.45, 7) is 4.26. The molecule has 22 heavy (non-hydrogen) atoms. The fourth-order valence-corrected chi connectivity index (χ4v) is 2.59. The summed E-state index contributed by atoms with van der Waals surface area (Å²) in [5, 5.41) is 19.6. The zero-order valence-electron chi connectivity index (χ0n) is 13.7. The van der Waals surface area contributed by atoms with Crippen molar-refractivity contribution >= 4 is 5.97 Å². The largest absolute Gasteiger partial charge is 0.508 e. The first-order valence-corrected chi connectivity index (χ1v) is 8.28. The van der Waals surface area contributed by atoms with Crippen molar-refractivity contribution in [3.63, 3.8) is 0 Å². The standard InChI is InChI=1S/C18H28O4/c1-3-5-6-7-8-9-10-15(18(21)22-4-2)16-13-14(19)11-12-17(16)20/h11-13,15,19-20H,3-10H2,1-2H3. The molecule has 0 heterocycles. The molecule has 0 spiro atoms. The first kappa shape index (κ1) is 18.3. The Hall–Kier alpha value is -1.71. The van der Waals surface area contributed by atoms with Crippen molar-refractivity contribution in [2.45, 2.75) is 64.7 Å². The maximum Gasteiger partial charge on any atom is 0.313 e. The Labute approximate surface area is 133 Å². The number of carbonyl (C=O) groups excluding carboxylic acids is 1. The monoisotopic (exact) mass is 308 g/mol. The Morgan fingerprint density at radius 2 is 1.77 bits per heavy atom. The predicted octanol–water partition coefficient (Wildman–Crippen LogP) is 4.50. The average Bonchev–Trinajstić information content (AvgIpc) is 2.49. The molecule has 0 saturated heterocycles. The molecule has 4 heteroatoms. The summed E-state index contributed by atoms with van der Waals surface area (Å²) in [6.07, 6.45) is 7.43. The highest BCUT2D eigenvalue weighted by atomic mass is 16.5. The van der Waals surface area contributed by atoms with Crippen molar-refractivity contribution in [1.82, 2.24) is 0 Å². The van der Waals surface area contributed by atoms with Gasteiger partial charge < -0.3 is 14.9 Å². The van der Waals surface area contributed by atoms with E-state index in [1.807, 2.05) is 0 Å². The Balaban J connectivity index is 2.68. The molecular weight excluding hydrogens is 280 g/mol. The van der Waals surface area contributed by atoms with Crippen LogP contribution in [0.5, 0.6) is 11.5 Å². The first-order chi connectivity index (χ1) is 10.6. The summed E-state index contributed by atoms with van der Waals surface area (Å²) >= 11 is 0. The molecule has 1 aromatic rings. The van der Waals surface area contributed by atoms with Crippen molar-refractivity contribution in [2.75, 3.05) is 6.61 Å².